The van der Waals surface area contributed by atoms with Crippen LogP contribution in [0.5, 0.6) is 0 Å². The zero-order valence-electron chi connectivity index (χ0n) is 17.5. The van der Waals surface area contributed by atoms with Crippen LogP contribution in [0.4, 0.5) is 0 Å². The summed E-state index contributed by atoms with van der Waals surface area (Å²) < 4.78 is 21.6. The van der Waals surface area contributed by atoms with Gasteiger partial charge in [0.15, 0.2) is 0 Å². The van der Waals surface area contributed by atoms with Crippen LogP contribution < -0.4 is 9.80 Å². The molecule has 8 nitrogen and oxygen atoms in total. The maximum Gasteiger partial charge on any atom is 0.306 e. The van der Waals surface area contributed by atoms with Gasteiger partial charge < -0.3 is 28.7 Å². The number of hydrogen-bond acceptors (Lipinski definition) is 6. The van der Waals surface area contributed by atoms with E-state index in [0.29, 0.717) is 25.7 Å². The number of hydrogen-bond donors (Lipinski definition) is 2. The maximum atomic E-state index is 12.0. The van der Waals surface area contributed by atoms with E-state index in [1.165, 1.54) is 9.80 Å². The van der Waals surface area contributed by atoms with E-state index in [9.17, 15) is 9.59 Å². The van der Waals surface area contributed by atoms with E-state index < -0.39 is 0 Å². The summed E-state index contributed by atoms with van der Waals surface area (Å²) >= 11 is 0. The molecule has 8 heteroatoms. The van der Waals surface area contributed by atoms with Crippen LogP contribution in [0.3, 0.4) is 0 Å². The first-order valence-corrected chi connectivity index (χ1v) is 10.7. The molecule has 0 aliphatic carbocycles. The third-order valence-electron chi connectivity index (χ3n) is 5.23. The van der Waals surface area contributed by atoms with E-state index >= 15 is 0 Å². The maximum absolute atomic E-state index is 12.0. The molecule has 162 valence electrons. The summed E-state index contributed by atoms with van der Waals surface area (Å²) in [7, 11) is 0. The molecule has 0 radical (unpaired) electrons. The zero-order chi connectivity index (χ0) is 20.2. The average molecular weight is 403 g/mol. The van der Waals surface area contributed by atoms with Gasteiger partial charge in [0.1, 0.15) is 51.5 Å². The second-order valence-electron chi connectivity index (χ2n) is 7.94. The topological polar surface area (TPSA) is 79.9 Å². The van der Waals surface area contributed by atoms with Crippen molar-refractivity contribution >= 4 is 11.9 Å². The molecule has 0 spiro atoms. The van der Waals surface area contributed by atoms with Gasteiger partial charge in [0.05, 0.1) is 26.4 Å². The molecule has 0 aromatic carbocycles. The minimum atomic E-state index is -0.183. The average Bonchev–Trinajstić information content (AvgIpc) is 2.66. The number of esters is 2. The Morgan fingerprint density at radius 1 is 0.750 bits per heavy atom. The van der Waals surface area contributed by atoms with Gasteiger partial charge in [0, 0.05) is 12.8 Å². The van der Waals surface area contributed by atoms with Gasteiger partial charge >= 0.3 is 11.9 Å². The summed E-state index contributed by atoms with van der Waals surface area (Å²) in [4.78, 5) is 26.7. The van der Waals surface area contributed by atoms with Crippen molar-refractivity contribution in [3.63, 3.8) is 0 Å². The lowest BCUT2D eigenvalue weighted by molar-refractivity contribution is -0.910. The van der Waals surface area contributed by atoms with Gasteiger partial charge in [-0.05, 0) is 26.7 Å². The van der Waals surface area contributed by atoms with Gasteiger partial charge in [-0.3, -0.25) is 9.59 Å². The number of carbonyl (C=O) groups excluding carboxylic acids is 2. The molecule has 2 N–H and O–H groups in total. The molecule has 0 aromatic rings. The first kappa shape index (κ1) is 23.1. The van der Waals surface area contributed by atoms with Crippen molar-refractivity contribution in [3.8, 4) is 0 Å². The number of morpholine rings is 2. The molecule has 2 aliphatic rings. The van der Waals surface area contributed by atoms with E-state index in [4.69, 9.17) is 18.9 Å². The summed E-state index contributed by atoms with van der Waals surface area (Å²) in [5.41, 5.74) is 0. The molecule has 2 heterocycles. The van der Waals surface area contributed by atoms with Crippen molar-refractivity contribution < 1.29 is 38.3 Å². The van der Waals surface area contributed by atoms with E-state index in [-0.39, 0.29) is 24.1 Å². The summed E-state index contributed by atoms with van der Waals surface area (Å²) in [6.07, 6.45) is 1.82. The molecular formula is C20H38N2O6+2. The van der Waals surface area contributed by atoms with Crippen LogP contribution in [0.25, 0.3) is 0 Å². The van der Waals surface area contributed by atoms with Crippen molar-refractivity contribution in [2.24, 2.45) is 0 Å². The highest BCUT2D eigenvalue weighted by atomic mass is 16.5. The van der Waals surface area contributed by atoms with E-state index in [0.717, 1.165) is 65.7 Å². The first-order valence-electron chi connectivity index (χ1n) is 10.7. The predicted octanol–water partition coefficient (Wildman–Crippen LogP) is -1.76. The molecule has 0 saturated carbocycles. The fourth-order valence-corrected chi connectivity index (χ4v) is 3.73. The Kier molecular flexibility index (Phi) is 10.8. The van der Waals surface area contributed by atoms with Gasteiger partial charge in [0.25, 0.3) is 0 Å². The lowest BCUT2D eigenvalue weighted by Crippen LogP contribution is -3.15. The monoisotopic (exact) mass is 402 g/mol. The second-order valence-corrected chi connectivity index (χ2v) is 7.94. The van der Waals surface area contributed by atoms with Crippen LogP contribution in [0.2, 0.25) is 0 Å². The predicted molar refractivity (Wildman–Crippen MR) is 102 cm³/mol. The molecule has 0 bridgehead atoms. The minimum Gasteiger partial charge on any atom is -0.457 e. The van der Waals surface area contributed by atoms with Gasteiger partial charge in [-0.25, -0.2) is 0 Å². The van der Waals surface area contributed by atoms with Crippen LogP contribution in [-0.2, 0) is 28.5 Å². The summed E-state index contributed by atoms with van der Waals surface area (Å²) in [5, 5.41) is 0. The van der Waals surface area contributed by atoms with Crippen molar-refractivity contribution in [2.45, 2.75) is 51.7 Å². The van der Waals surface area contributed by atoms with Crippen LogP contribution >= 0.6 is 0 Å². The van der Waals surface area contributed by atoms with Crippen molar-refractivity contribution in [1.82, 2.24) is 0 Å². The number of ether oxygens (including phenoxy) is 4. The third-order valence-corrected chi connectivity index (χ3v) is 5.23. The Morgan fingerprint density at radius 2 is 1.11 bits per heavy atom. The number of nitrogens with one attached hydrogen (secondary N) is 2. The van der Waals surface area contributed by atoms with Crippen LogP contribution in [0.15, 0.2) is 0 Å². The van der Waals surface area contributed by atoms with Gasteiger partial charge in [-0.2, -0.15) is 0 Å². The lowest BCUT2D eigenvalue weighted by Gasteiger charge is -2.26. The number of quaternary nitrogens is 2. The largest absolute Gasteiger partial charge is 0.457 e. The summed E-state index contributed by atoms with van der Waals surface area (Å²) in [6.45, 7) is 12.5. The smallest absolute Gasteiger partial charge is 0.306 e. The van der Waals surface area contributed by atoms with E-state index in [1.807, 2.05) is 13.8 Å². The van der Waals surface area contributed by atoms with E-state index in [2.05, 4.69) is 0 Å². The van der Waals surface area contributed by atoms with Gasteiger partial charge in [0.2, 0.25) is 0 Å². The molecule has 0 aromatic heterocycles. The first-order chi connectivity index (χ1) is 13.5. The second kappa shape index (κ2) is 13.1. The summed E-state index contributed by atoms with van der Waals surface area (Å²) in [6, 6.07) is 0. The molecule has 0 unspecified atom stereocenters. The minimum absolute atomic E-state index is 0.0888. The van der Waals surface area contributed by atoms with E-state index in [1.54, 1.807) is 0 Å². The quantitative estimate of drug-likeness (QED) is 0.315. The molecule has 28 heavy (non-hydrogen) atoms. The highest BCUT2D eigenvalue weighted by Crippen LogP contribution is 2.05. The standard InChI is InChI=1S/C20H36N2O6/c1-17(15-21-7-11-25-12-8-21)27-19(23)5-3-4-6-20(24)28-18(2)16-22-9-13-26-14-10-22/h17-18H,3-16H2,1-2H3/p+2/t17-,18+. The fraction of sp³-hybridized carbons (Fsp3) is 0.900. The number of carbonyl (C=O) groups is 2. The molecule has 2 aliphatic heterocycles. The Balaban J connectivity index is 1.48. The van der Waals surface area contributed by atoms with Gasteiger partial charge in [-0.15, -0.1) is 0 Å². The molecular weight excluding hydrogens is 364 g/mol. The Morgan fingerprint density at radius 3 is 1.46 bits per heavy atom. The molecule has 2 saturated heterocycles. The SMILES string of the molecule is C[C@H](C[NH+]1CCOCC1)OC(=O)CCCCC(=O)O[C@@H](C)C[NH+]1CCOCC1. The lowest BCUT2D eigenvalue weighted by atomic mass is 10.2. The Hall–Kier alpha value is -1.22. The highest BCUT2D eigenvalue weighted by Gasteiger charge is 2.21. The third kappa shape index (κ3) is 9.82. The van der Waals surface area contributed by atoms with Crippen molar-refractivity contribution in [1.29, 1.82) is 0 Å². The van der Waals surface area contributed by atoms with Crippen LogP contribution in [0, 0.1) is 0 Å². The molecule has 0 amide bonds. The van der Waals surface area contributed by atoms with Gasteiger partial charge in [-0.1, -0.05) is 0 Å². The zero-order valence-corrected chi connectivity index (χ0v) is 17.5. The fourth-order valence-electron chi connectivity index (χ4n) is 3.73. The normalized spacial score (nSPS) is 21.1. The number of unbranched alkanes of at least 4 members (excludes halogenated alkanes) is 1. The molecule has 2 rings (SSSR count). The Bertz CT molecular complexity index is 422. The molecule has 2 atom stereocenters. The van der Waals surface area contributed by atoms with Crippen LogP contribution in [0.1, 0.15) is 39.5 Å². The highest BCUT2D eigenvalue weighted by molar-refractivity contribution is 5.70. The Labute approximate surface area is 168 Å². The molecule has 2 fully saturated rings. The van der Waals surface area contributed by atoms with Crippen molar-refractivity contribution in [2.75, 3.05) is 65.7 Å². The van der Waals surface area contributed by atoms with Crippen molar-refractivity contribution in [3.05, 3.63) is 0 Å². The number of rotatable bonds is 11. The van der Waals surface area contributed by atoms with Crippen LogP contribution in [-0.4, -0.2) is 89.8 Å². The summed E-state index contributed by atoms with van der Waals surface area (Å²) in [5.74, 6) is -0.365.